The summed E-state index contributed by atoms with van der Waals surface area (Å²) >= 11 is 6.11. The largest absolute Gasteiger partial charge is 0.364 e. The third-order valence-electron chi connectivity index (χ3n) is 3.94. The van der Waals surface area contributed by atoms with Crippen LogP contribution in [0, 0.1) is 0 Å². The Balaban J connectivity index is 1.86. The van der Waals surface area contributed by atoms with Crippen molar-refractivity contribution < 1.29 is 0 Å². The fourth-order valence-electron chi connectivity index (χ4n) is 2.83. The van der Waals surface area contributed by atoms with E-state index in [0.717, 1.165) is 29.7 Å². The van der Waals surface area contributed by atoms with Crippen LogP contribution in [0.4, 0.5) is 5.82 Å². The second kappa shape index (κ2) is 5.94. The van der Waals surface area contributed by atoms with Gasteiger partial charge in [-0.2, -0.15) is 0 Å². The summed E-state index contributed by atoms with van der Waals surface area (Å²) in [6.07, 6.45) is 2.40. The van der Waals surface area contributed by atoms with Gasteiger partial charge in [-0.1, -0.05) is 42.8 Å². The van der Waals surface area contributed by atoms with Gasteiger partial charge in [0.25, 0.3) is 0 Å². The molecule has 2 aromatic rings. The lowest BCUT2D eigenvalue weighted by Crippen LogP contribution is -2.42. The molecular formula is C15H19ClN4. The van der Waals surface area contributed by atoms with Gasteiger partial charge in [-0.3, -0.25) is 0 Å². The molecule has 1 unspecified atom stereocenters. The number of nitrogens with one attached hydrogen (secondary N) is 1. The van der Waals surface area contributed by atoms with Crippen molar-refractivity contribution in [2.45, 2.75) is 25.8 Å². The fraction of sp³-hybridized carbons (Fsp3) is 0.467. The lowest BCUT2D eigenvalue weighted by Gasteiger charge is -2.32. The number of likely N-dealkylation sites (N-methyl/N-ethyl adjacent to an activating group) is 1. The number of hydrogen-bond donors (Lipinski definition) is 1. The smallest absolute Gasteiger partial charge is 0.159 e. The maximum Gasteiger partial charge on any atom is 0.159 e. The molecule has 5 heteroatoms. The molecule has 0 amide bonds. The highest BCUT2D eigenvalue weighted by atomic mass is 35.5. The highest BCUT2D eigenvalue weighted by Crippen LogP contribution is 2.26. The number of nitrogens with zero attached hydrogens (tertiary/aromatic N) is 3. The molecule has 1 aliphatic rings. The van der Waals surface area contributed by atoms with Crippen LogP contribution in [0.15, 0.2) is 24.3 Å². The molecule has 1 aromatic carbocycles. The Morgan fingerprint density at radius 1 is 1.30 bits per heavy atom. The zero-order valence-electron chi connectivity index (χ0n) is 11.6. The van der Waals surface area contributed by atoms with Crippen molar-refractivity contribution in [3.8, 4) is 0 Å². The third kappa shape index (κ3) is 2.72. The molecule has 0 spiro atoms. The highest BCUT2D eigenvalue weighted by Gasteiger charge is 2.20. The number of benzene rings is 1. The van der Waals surface area contributed by atoms with Crippen molar-refractivity contribution in [1.82, 2.24) is 15.1 Å². The first kappa shape index (κ1) is 13.6. The van der Waals surface area contributed by atoms with Crippen LogP contribution in [0.5, 0.6) is 0 Å². The van der Waals surface area contributed by atoms with Gasteiger partial charge in [-0.05, 0) is 25.9 Å². The zero-order chi connectivity index (χ0) is 13.9. The van der Waals surface area contributed by atoms with Crippen LogP contribution in [0.1, 0.15) is 19.8 Å². The predicted octanol–water partition coefficient (Wildman–Crippen LogP) is 3.18. The van der Waals surface area contributed by atoms with E-state index in [-0.39, 0.29) is 0 Å². The summed E-state index contributed by atoms with van der Waals surface area (Å²) in [5.74, 6) is 0.841. The Morgan fingerprint density at radius 2 is 2.10 bits per heavy atom. The molecule has 3 rings (SSSR count). The summed E-state index contributed by atoms with van der Waals surface area (Å²) in [4.78, 5) is 2.46. The average molecular weight is 291 g/mol. The van der Waals surface area contributed by atoms with Gasteiger partial charge < -0.3 is 10.2 Å². The van der Waals surface area contributed by atoms with Gasteiger partial charge in [-0.25, -0.2) is 0 Å². The first-order chi connectivity index (χ1) is 9.78. The van der Waals surface area contributed by atoms with E-state index >= 15 is 0 Å². The molecule has 0 bridgehead atoms. The minimum absolute atomic E-state index is 0.433. The van der Waals surface area contributed by atoms with Gasteiger partial charge in [-0.15, -0.1) is 10.2 Å². The van der Waals surface area contributed by atoms with Crippen LogP contribution in [-0.4, -0.2) is 40.8 Å². The Morgan fingerprint density at radius 3 is 2.90 bits per heavy atom. The van der Waals surface area contributed by atoms with E-state index in [0.29, 0.717) is 11.2 Å². The molecule has 20 heavy (non-hydrogen) atoms. The van der Waals surface area contributed by atoms with Crippen LogP contribution < -0.4 is 5.32 Å². The van der Waals surface area contributed by atoms with E-state index in [2.05, 4.69) is 27.3 Å². The lowest BCUT2D eigenvalue weighted by atomic mass is 10.1. The molecule has 106 valence electrons. The monoisotopic (exact) mass is 290 g/mol. The predicted molar refractivity (Wildman–Crippen MR) is 83.3 cm³/mol. The van der Waals surface area contributed by atoms with Gasteiger partial charge in [0.1, 0.15) is 0 Å². The Labute approximate surface area is 124 Å². The maximum atomic E-state index is 6.11. The van der Waals surface area contributed by atoms with E-state index < -0.39 is 0 Å². The van der Waals surface area contributed by atoms with Crippen LogP contribution in [0.3, 0.4) is 0 Å². The summed E-state index contributed by atoms with van der Waals surface area (Å²) in [7, 11) is 0. The van der Waals surface area contributed by atoms with Gasteiger partial charge in [0.15, 0.2) is 11.0 Å². The van der Waals surface area contributed by atoms with Crippen molar-refractivity contribution in [3.05, 3.63) is 29.4 Å². The summed E-state index contributed by atoms with van der Waals surface area (Å²) in [6.45, 7) is 5.57. The molecule has 1 aliphatic heterocycles. The first-order valence-electron chi connectivity index (χ1n) is 7.17. The normalized spacial score (nSPS) is 20.2. The minimum Gasteiger partial charge on any atom is -0.364 e. The second-order valence-electron chi connectivity index (χ2n) is 5.26. The van der Waals surface area contributed by atoms with Crippen molar-refractivity contribution in [2.24, 2.45) is 0 Å². The quantitative estimate of drug-likeness (QED) is 0.943. The Bertz CT molecular complexity index is 601. The van der Waals surface area contributed by atoms with E-state index in [1.165, 1.54) is 19.4 Å². The standard InChI is InChI=1S/C15H19ClN4/c1-2-20-9-5-6-11(10-20)17-15-13-8-4-3-7-12(13)14(16)18-19-15/h3-4,7-8,11H,2,5-6,9-10H2,1H3,(H,17,19). The van der Waals surface area contributed by atoms with Crippen LogP contribution >= 0.6 is 11.6 Å². The van der Waals surface area contributed by atoms with E-state index in [1.807, 2.05) is 24.3 Å². The van der Waals surface area contributed by atoms with Gasteiger partial charge in [0.2, 0.25) is 0 Å². The number of likely N-dealkylation sites (tertiary alicyclic amines) is 1. The average Bonchev–Trinajstić information content (AvgIpc) is 2.51. The number of anilines is 1. The number of hydrogen-bond acceptors (Lipinski definition) is 4. The second-order valence-corrected chi connectivity index (χ2v) is 5.62. The van der Waals surface area contributed by atoms with Crippen LogP contribution in [-0.2, 0) is 0 Å². The molecule has 1 saturated heterocycles. The molecule has 2 heterocycles. The van der Waals surface area contributed by atoms with Gasteiger partial charge >= 0.3 is 0 Å². The molecule has 0 aliphatic carbocycles. The SMILES string of the molecule is CCN1CCCC(Nc2nnc(Cl)c3ccccc23)C1. The summed E-state index contributed by atoms with van der Waals surface area (Å²) in [5.41, 5.74) is 0. The van der Waals surface area contributed by atoms with Crippen molar-refractivity contribution in [1.29, 1.82) is 0 Å². The maximum absolute atomic E-state index is 6.11. The topological polar surface area (TPSA) is 41.0 Å². The van der Waals surface area contributed by atoms with E-state index in [1.54, 1.807) is 0 Å². The van der Waals surface area contributed by atoms with Crippen LogP contribution in [0.2, 0.25) is 5.15 Å². The fourth-order valence-corrected chi connectivity index (χ4v) is 3.03. The lowest BCUT2D eigenvalue weighted by molar-refractivity contribution is 0.226. The number of rotatable bonds is 3. The number of piperidine rings is 1. The van der Waals surface area contributed by atoms with E-state index in [9.17, 15) is 0 Å². The third-order valence-corrected chi connectivity index (χ3v) is 4.21. The van der Waals surface area contributed by atoms with Crippen molar-refractivity contribution in [2.75, 3.05) is 25.0 Å². The van der Waals surface area contributed by atoms with Gasteiger partial charge in [0, 0.05) is 23.4 Å². The molecule has 0 radical (unpaired) electrons. The molecule has 1 aromatic heterocycles. The van der Waals surface area contributed by atoms with Crippen LogP contribution in [0.25, 0.3) is 10.8 Å². The van der Waals surface area contributed by atoms with Crippen molar-refractivity contribution in [3.63, 3.8) is 0 Å². The number of aromatic nitrogens is 2. The first-order valence-corrected chi connectivity index (χ1v) is 7.55. The van der Waals surface area contributed by atoms with Gasteiger partial charge in [0.05, 0.1) is 0 Å². The summed E-state index contributed by atoms with van der Waals surface area (Å²) < 4.78 is 0. The molecule has 1 atom stereocenters. The number of halogens is 1. The minimum atomic E-state index is 0.433. The molecule has 1 fully saturated rings. The Kier molecular flexibility index (Phi) is 4.03. The molecule has 1 N–H and O–H groups in total. The van der Waals surface area contributed by atoms with E-state index in [4.69, 9.17) is 11.6 Å². The Hall–Kier alpha value is -1.39. The zero-order valence-corrected chi connectivity index (χ0v) is 12.4. The van der Waals surface area contributed by atoms with Crippen molar-refractivity contribution >= 4 is 28.2 Å². The molecule has 4 nitrogen and oxygen atoms in total. The molecular weight excluding hydrogens is 272 g/mol. The number of fused-ring (bicyclic) bond motifs is 1. The summed E-state index contributed by atoms with van der Waals surface area (Å²) in [6, 6.07) is 8.43. The molecule has 0 saturated carbocycles. The highest BCUT2D eigenvalue weighted by molar-refractivity contribution is 6.34. The summed E-state index contributed by atoms with van der Waals surface area (Å²) in [5, 5.41) is 14.3.